The lowest BCUT2D eigenvalue weighted by Crippen LogP contribution is -2.31. The molecule has 1 heterocycles. The number of benzene rings is 2. The molecule has 3 rings (SSSR count). The first-order valence-electron chi connectivity index (χ1n) is 10.0. The predicted molar refractivity (Wildman–Crippen MR) is 124 cm³/mol. The van der Waals surface area contributed by atoms with E-state index in [0.717, 1.165) is 29.7 Å². The molecule has 164 valence electrons. The molecule has 1 amide bonds. The van der Waals surface area contributed by atoms with E-state index in [4.69, 9.17) is 14.2 Å². The van der Waals surface area contributed by atoms with Gasteiger partial charge in [-0.05, 0) is 47.9 Å². The quantitative estimate of drug-likeness (QED) is 0.427. The Bertz CT molecular complexity index is 960. The van der Waals surface area contributed by atoms with Crippen molar-refractivity contribution in [2.75, 3.05) is 21.3 Å². The van der Waals surface area contributed by atoms with Crippen LogP contribution < -0.4 is 14.2 Å². The Labute approximate surface area is 187 Å². The molecule has 7 nitrogen and oxygen atoms in total. The van der Waals surface area contributed by atoms with Crippen LogP contribution in [0.2, 0.25) is 0 Å². The van der Waals surface area contributed by atoms with E-state index in [-0.39, 0.29) is 11.2 Å². The molecule has 0 aliphatic carbocycles. The number of carbonyl (C=O) groups excluding carboxylic acids is 1. The maximum atomic E-state index is 12.9. The molecule has 1 aliphatic heterocycles. The number of hydrogen-bond donors (Lipinski definition) is 0. The molecule has 0 bridgehead atoms. The summed E-state index contributed by atoms with van der Waals surface area (Å²) in [5.74, 6) is 2.12. The molecule has 8 heteroatoms. The summed E-state index contributed by atoms with van der Waals surface area (Å²) in [5, 5.41) is 9.08. The van der Waals surface area contributed by atoms with Gasteiger partial charge >= 0.3 is 0 Å². The molecule has 0 saturated carbocycles. The minimum absolute atomic E-state index is 0.0720. The number of amides is 1. The van der Waals surface area contributed by atoms with Crippen LogP contribution in [0.15, 0.2) is 52.7 Å². The van der Waals surface area contributed by atoms with E-state index in [1.807, 2.05) is 42.5 Å². The average molecular weight is 442 g/mol. The van der Waals surface area contributed by atoms with E-state index in [1.54, 1.807) is 32.4 Å². The van der Waals surface area contributed by atoms with Crippen LogP contribution >= 0.6 is 11.8 Å². The Morgan fingerprint density at radius 3 is 2.42 bits per heavy atom. The van der Waals surface area contributed by atoms with E-state index < -0.39 is 0 Å². The highest BCUT2D eigenvalue weighted by molar-refractivity contribution is 8.15. The predicted octanol–water partition coefficient (Wildman–Crippen LogP) is 4.35. The number of hydrogen-bond acceptors (Lipinski definition) is 7. The zero-order chi connectivity index (χ0) is 22.2. The Morgan fingerprint density at radius 2 is 1.77 bits per heavy atom. The fourth-order valence-electron chi connectivity index (χ4n) is 3.17. The molecule has 0 radical (unpaired) electrons. The van der Waals surface area contributed by atoms with Gasteiger partial charge in [0.15, 0.2) is 16.7 Å². The highest BCUT2D eigenvalue weighted by atomic mass is 32.2. The summed E-state index contributed by atoms with van der Waals surface area (Å²) < 4.78 is 15.8. The number of ether oxygens (including phenoxy) is 3. The SMILES string of the molecule is CCC[C@H]1S/C(=N/N=C\c2ccc(OC)c(OC)c2)N(Cc2ccc(OC)cc2)C1=O. The first-order chi connectivity index (χ1) is 15.1. The number of rotatable bonds is 9. The lowest BCUT2D eigenvalue weighted by Gasteiger charge is -2.16. The monoisotopic (exact) mass is 441 g/mol. The maximum Gasteiger partial charge on any atom is 0.242 e. The maximum absolute atomic E-state index is 12.9. The van der Waals surface area contributed by atoms with Gasteiger partial charge in [0.05, 0.1) is 39.3 Å². The fourth-order valence-corrected chi connectivity index (χ4v) is 4.38. The zero-order valence-corrected chi connectivity index (χ0v) is 19.0. The number of amidine groups is 1. The van der Waals surface area contributed by atoms with Gasteiger partial charge in [-0.15, -0.1) is 5.10 Å². The second-order valence-corrected chi connectivity index (χ2v) is 8.08. The summed E-state index contributed by atoms with van der Waals surface area (Å²) in [6.07, 6.45) is 3.38. The highest BCUT2D eigenvalue weighted by Crippen LogP contribution is 2.32. The van der Waals surface area contributed by atoms with Crippen molar-refractivity contribution < 1.29 is 19.0 Å². The first-order valence-corrected chi connectivity index (χ1v) is 10.9. The standard InChI is InChI=1S/C23H27N3O4S/c1-5-6-21-22(27)26(15-16-7-10-18(28-2)11-8-16)23(31-21)25-24-14-17-9-12-19(29-3)20(13-17)30-4/h7-14,21H,5-6,15H2,1-4H3/b24-14-,25-23+/t21-/m1/s1. The Kier molecular flexibility index (Phi) is 7.94. The summed E-state index contributed by atoms with van der Waals surface area (Å²) in [6.45, 7) is 2.52. The van der Waals surface area contributed by atoms with Crippen molar-refractivity contribution in [3.05, 3.63) is 53.6 Å². The summed E-state index contributed by atoms with van der Waals surface area (Å²) in [4.78, 5) is 14.6. The molecule has 2 aromatic carbocycles. The molecule has 0 N–H and O–H groups in total. The van der Waals surface area contributed by atoms with Gasteiger partial charge < -0.3 is 14.2 Å². The van der Waals surface area contributed by atoms with Gasteiger partial charge in [0.2, 0.25) is 5.91 Å². The topological polar surface area (TPSA) is 72.7 Å². The van der Waals surface area contributed by atoms with Crippen molar-refractivity contribution >= 4 is 29.1 Å². The zero-order valence-electron chi connectivity index (χ0n) is 18.2. The number of methoxy groups -OCH3 is 3. The Hall–Kier alpha value is -3.00. The fraction of sp³-hybridized carbons (Fsp3) is 0.348. The van der Waals surface area contributed by atoms with Crippen LogP contribution in [0.1, 0.15) is 30.9 Å². The molecule has 1 aliphatic rings. The summed E-state index contributed by atoms with van der Waals surface area (Å²) in [7, 11) is 4.81. The molecular weight excluding hydrogens is 414 g/mol. The highest BCUT2D eigenvalue weighted by Gasteiger charge is 2.37. The Balaban J connectivity index is 1.80. The lowest BCUT2D eigenvalue weighted by atomic mass is 10.2. The second-order valence-electron chi connectivity index (χ2n) is 6.91. The van der Waals surface area contributed by atoms with Gasteiger partial charge in [0, 0.05) is 0 Å². The van der Waals surface area contributed by atoms with Crippen molar-refractivity contribution in [2.45, 2.75) is 31.6 Å². The summed E-state index contributed by atoms with van der Waals surface area (Å²) >= 11 is 1.47. The van der Waals surface area contributed by atoms with Gasteiger partial charge in [-0.1, -0.05) is 37.2 Å². The minimum atomic E-state index is -0.127. The smallest absolute Gasteiger partial charge is 0.242 e. The van der Waals surface area contributed by atoms with Crippen molar-refractivity contribution in [3.8, 4) is 17.2 Å². The van der Waals surface area contributed by atoms with Crippen molar-refractivity contribution in [1.29, 1.82) is 0 Å². The second kappa shape index (κ2) is 10.9. The Morgan fingerprint density at radius 1 is 1.03 bits per heavy atom. The largest absolute Gasteiger partial charge is 0.497 e. The minimum Gasteiger partial charge on any atom is -0.497 e. The van der Waals surface area contributed by atoms with E-state index in [1.165, 1.54) is 11.8 Å². The molecule has 1 saturated heterocycles. The van der Waals surface area contributed by atoms with Crippen molar-refractivity contribution in [3.63, 3.8) is 0 Å². The molecule has 31 heavy (non-hydrogen) atoms. The van der Waals surface area contributed by atoms with Gasteiger partial charge in [-0.2, -0.15) is 5.10 Å². The molecular formula is C23H27N3O4S. The average Bonchev–Trinajstić information content (AvgIpc) is 3.08. The van der Waals surface area contributed by atoms with E-state index in [9.17, 15) is 4.79 Å². The molecule has 1 fully saturated rings. The summed E-state index contributed by atoms with van der Waals surface area (Å²) in [5.41, 5.74) is 1.83. The van der Waals surface area contributed by atoms with Crippen molar-refractivity contribution in [1.82, 2.24) is 4.90 Å². The third-order valence-corrected chi connectivity index (χ3v) is 6.06. The molecule has 0 unspecified atom stereocenters. The van der Waals surface area contributed by atoms with Gasteiger partial charge in [-0.25, -0.2) is 0 Å². The van der Waals surface area contributed by atoms with E-state index in [0.29, 0.717) is 23.2 Å². The number of thioether (sulfide) groups is 1. The normalized spacial score (nSPS) is 17.5. The van der Waals surface area contributed by atoms with Crippen LogP contribution in [0, 0.1) is 0 Å². The molecule has 1 atom stereocenters. The van der Waals surface area contributed by atoms with Crippen LogP contribution in [0.5, 0.6) is 17.2 Å². The summed E-state index contributed by atoms with van der Waals surface area (Å²) in [6, 6.07) is 13.2. The van der Waals surface area contributed by atoms with Crippen LogP contribution in [-0.2, 0) is 11.3 Å². The van der Waals surface area contributed by atoms with Gasteiger partial charge in [0.1, 0.15) is 5.75 Å². The van der Waals surface area contributed by atoms with Crippen molar-refractivity contribution in [2.24, 2.45) is 10.2 Å². The van der Waals surface area contributed by atoms with Crippen LogP contribution in [0.3, 0.4) is 0 Å². The van der Waals surface area contributed by atoms with Crippen LogP contribution in [0.4, 0.5) is 0 Å². The number of carbonyl (C=O) groups is 1. The van der Waals surface area contributed by atoms with Gasteiger partial charge in [-0.3, -0.25) is 9.69 Å². The van der Waals surface area contributed by atoms with E-state index in [2.05, 4.69) is 17.1 Å². The first kappa shape index (κ1) is 22.7. The molecule has 0 spiro atoms. The number of nitrogens with zero attached hydrogens (tertiary/aromatic N) is 3. The van der Waals surface area contributed by atoms with E-state index >= 15 is 0 Å². The molecule has 0 aromatic heterocycles. The van der Waals surface area contributed by atoms with Crippen LogP contribution in [-0.4, -0.2) is 48.8 Å². The third-order valence-electron chi connectivity index (χ3n) is 4.83. The molecule has 2 aromatic rings. The van der Waals surface area contributed by atoms with Gasteiger partial charge in [0.25, 0.3) is 0 Å². The van der Waals surface area contributed by atoms with Crippen LogP contribution in [0.25, 0.3) is 0 Å². The lowest BCUT2D eigenvalue weighted by molar-refractivity contribution is -0.126. The third kappa shape index (κ3) is 5.58.